The number of hydrogen-bond donors (Lipinski definition) is 2. The van der Waals surface area contributed by atoms with Gasteiger partial charge in [0.25, 0.3) is 15.6 Å². The molecular formula is C18H16BrN3O3S. The first-order chi connectivity index (χ1) is 12.3. The zero-order valence-electron chi connectivity index (χ0n) is 14.1. The molecule has 3 rings (SSSR count). The second-order valence-corrected chi connectivity index (χ2v) is 8.36. The maximum atomic E-state index is 12.9. The van der Waals surface area contributed by atoms with E-state index in [0.29, 0.717) is 22.5 Å². The van der Waals surface area contributed by atoms with Gasteiger partial charge in [-0.25, -0.2) is 13.5 Å². The van der Waals surface area contributed by atoms with Crippen LogP contribution < -0.4 is 10.3 Å². The minimum atomic E-state index is -3.78. The van der Waals surface area contributed by atoms with E-state index < -0.39 is 10.0 Å². The highest BCUT2D eigenvalue weighted by molar-refractivity contribution is 9.10. The monoisotopic (exact) mass is 433 g/mol. The summed E-state index contributed by atoms with van der Waals surface area (Å²) in [4.78, 5) is 11.3. The molecule has 1 heterocycles. The molecule has 0 aliphatic heterocycles. The van der Waals surface area contributed by atoms with Gasteiger partial charge in [0, 0.05) is 21.8 Å². The van der Waals surface area contributed by atoms with Crippen LogP contribution in [0.5, 0.6) is 0 Å². The highest BCUT2D eigenvalue weighted by Crippen LogP contribution is 2.26. The van der Waals surface area contributed by atoms with Crippen LogP contribution in [0, 0.1) is 13.8 Å². The molecule has 2 N–H and O–H groups in total. The molecule has 0 aliphatic carbocycles. The van der Waals surface area contributed by atoms with Crippen LogP contribution in [0.3, 0.4) is 0 Å². The Morgan fingerprint density at radius 1 is 1.00 bits per heavy atom. The molecule has 3 aromatic rings. The second kappa shape index (κ2) is 7.05. The first-order valence-electron chi connectivity index (χ1n) is 7.72. The lowest BCUT2D eigenvalue weighted by Gasteiger charge is -2.12. The van der Waals surface area contributed by atoms with Gasteiger partial charge in [0.15, 0.2) is 0 Å². The number of nitrogens with zero attached hydrogens (tertiary/aromatic N) is 1. The Morgan fingerprint density at radius 2 is 1.77 bits per heavy atom. The standard InChI is InChI=1S/C18H16BrN3O3S/c1-11-3-4-13(16-7-8-18(23)21-20-16)10-17(11)26(24,25)22-14-5-6-15(19)12(2)9-14/h3-10,22H,1-2H3,(H,21,23). The van der Waals surface area contributed by atoms with E-state index in [-0.39, 0.29) is 10.5 Å². The summed E-state index contributed by atoms with van der Waals surface area (Å²) in [5.41, 5.74) is 2.78. The quantitative estimate of drug-likeness (QED) is 0.656. The van der Waals surface area contributed by atoms with Gasteiger partial charge in [-0.15, -0.1) is 0 Å². The lowest BCUT2D eigenvalue weighted by Crippen LogP contribution is -2.14. The SMILES string of the molecule is Cc1cc(NS(=O)(=O)c2cc(-c3ccc(=O)[nH]n3)ccc2C)ccc1Br. The minimum absolute atomic E-state index is 0.156. The van der Waals surface area contributed by atoms with E-state index in [1.54, 1.807) is 49.4 Å². The van der Waals surface area contributed by atoms with Crippen LogP contribution >= 0.6 is 15.9 Å². The molecule has 2 aromatic carbocycles. The molecule has 0 spiro atoms. The van der Waals surface area contributed by atoms with Crippen LogP contribution in [0.4, 0.5) is 5.69 Å². The van der Waals surface area contributed by atoms with E-state index in [1.807, 2.05) is 6.92 Å². The van der Waals surface area contributed by atoms with Crippen molar-refractivity contribution >= 4 is 31.6 Å². The number of benzene rings is 2. The Labute approximate surface area is 159 Å². The van der Waals surface area contributed by atoms with Crippen molar-refractivity contribution in [1.82, 2.24) is 10.2 Å². The maximum absolute atomic E-state index is 12.9. The number of hydrogen-bond acceptors (Lipinski definition) is 4. The molecule has 0 amide bonds. The molecular weight excluding hydrogens is 418 g/mol. The van der Waals surface area contributed by atoms with Gasteiger partial charge in [0.1, 0.15) is 0 Å². The van der Waals surface area contributed by atoms with Crippen LogP contribution in [-0.4, -0.2) is 18.6 Å². The van der Waals surface area contributed by atoms with E-state index in [0.717, 1.165) is 10.0 Å². The van der Waals surface area contributed by atoms with Gasteiger partial charge in [-0.2, -0.15) is 5.10 Å². The Bertz CT molecular complexity index is 1120. The van der Waals surface area contributed by atoms with Crippen LogP contribution in [0.15, 0.2) is 62.7 Å². The average Bonchev–Trinajstić information content (AvgIpc) is 2.59. The molecule has 0 fully saturated rings. The van der Waals surface area contributed by atoms with E-state index >= 15 is 0 Å². The van der Waals surface area contributed by atoms with Gasteiger partial charge in [-0.3, -0.25) is 9.52 Å². The summed E-state index contributed by atoms with van der Waals surface area (Å²) in [6.45, 7) is 3.61. The van der Waals surface area contributed by atoms with Crippen molar-refractivity contribution in [2.45, 2.75) is 18.7 Å². The molecule has 0 atom stereocenters. The third-order valence-electron chi connectivity index (χ3n) is 3.86. The van der Waals surface area contributed by atoms with Crippen molar-refractivity contribution < 1.29 is 8.42 Å². The Hall–Kier alpha value is -2.45. The summed E-state index contributed by atoms with van der Waals surface area (Å²) in [5.74, 6) is 0. The molecule has 26 heavy (non-hydrogen) atoms. The van der Waals surface area contributed by atoms with Crippen molar-refractivity contribution in [2.24, 2.45) is 0 Å². The fraction of sp³-hybridized carbons (Fsp3) is 0.111. The largest absolute Gasteiger partial charge is 0.280 e. The predicted octanol–water partition coefficient (Wildman–Crippen LogP) is 3.62. The van der Waals surface area contributed by atoms with Crippen LogP contribution in [0.1, 0.15) is 11.1 Å². The highest BCUT2D eigenvalue weighted by Gasteiger charge is 2.18. The summed E-state index contributed by atoms with van der Waals surface area (Å²) >= 11 is 3.40. The lowest BCUT2D eigenvalue weighted by molar-refractivity contribution is 0.600. The molecule has 0 bridgehead atoms. The van der Waals surface area contributed by atoms with Gasteiger partial charge in [0.2, 0.25) is 0 Å². The van der Waals surface area contributed by atoms with Crippen molar-refractivity contribution in [3.05, 3.63) is 74.5 Å². The second-order valence-electron chi connectivity index (χ2n) is 5.86. The van der Waals surface area contributed by atoms with E-state index in [9.17, 15) is 13.2 Å². The summed E-state index contributed by atoms with van der Waals surface area (Å²) in [6, 6.07) is 13.2. The zero-order chi connectivity index (χ0) is 18.9. The zero-order valence-corrected chi connectivity index (χ0v) is 16.5. The summed E-state index contributed by atoms with van der Waals surface area (Å²) in [6.07, 6.45) is 0. The molecule has 134 valence electrons. The molecule has 8 heteroatoms. The van der Waals surface area contributed by atoms with Gasteiger partial charge >= 0.3 is 0 Å². The van der Waals surface area contributed by atoms with Gasteiger partial charge in [0.05, 0.1) is 10.6 Å². The van der Waals surface area contributed by atoms with Gasteiger partial charge < -0.3 is 0 Å². The summed E-state index contributed by atoms with van der Waals surface area (Å²) in [7, 11) is -3.78. The fourth-order valence-corrected chi connectivity index (χ4v) is 4.04. The fourth-order valence-electron chi connectivity index (χ4n) is 2.47. The number of H-pyrrole nitrogens is 1. The molecule has 0 unspecified atom stereocenters. The average molecular weight is 434 g/mol. The molecule has 0 saturated carbocycles. The smallest absolute Gasteiger partial charge is 0.264 e. The van der Waals surface area contributed by atoms with Crippen molar-refractivity contribution in [3.8, 4) is 11.3 Å². The number of nitrogens with one attached hydrogen (secondary N) is 2. The van der Waals surface area contributed by atoms with Crippen molar-refractivity contribution in [3.63, 3.8) is 0 Å². The molecule has 0 aliphatic rings. The predicted molar refractivity (Wildman–Crippen MR) is 105 cm³/mol. The van der Waals surface area contributed by atoms with Gasteiger partial charge in [-0.1, -0.05) is 28.1 Å². The van der Waals surface area contributed by atoms with Crippen molar-refractivity contribution in [1.29, 1.82) is 0 Å². The van der Waals surface area contributed by atoms with E-state index in [2.05, 4.69) is 30.8 Å². The molecule has 1 aromatic heterocycles. The number of halogens is 1. The topological polar surface area (TPSA) is 91.9 Å². The third kappa shape index (κ3) is 3.86. The highest BCUT2D eigenvalue weighted by atomic mass is 79.9. The normalized spacial score (nSPS) is 11.3. The Kier molecular flexibility index (Phi) is 4.97. The number of rotatable bonds is 4. The lowest BCUT2D eigenvalue weighted by atomic mass is 10.1. The van der Waals surface area contributed by atoms with Crippen LogP contribution in [0.2, 0.25) is 0 Å². The number of aromatic nitrogens is 2. The third-order valence-corrected chi connectivity index (χ3v) is 6.28. The van der Waals surface area contributed by atoms with Crippen LogP contribution in [-0.2, 0) is 10.0 Å². The Balaban J connectivity index is 2.01. The summed E-state index contributed by atoms with van der Waals surface area (Å²) < 4.78 is 29.2. The maximum Gasteiger partial charge on any atom is 0.264 e. The van der Waals surface area contributed by atoms with E-state index in [4.69, 9.17) is 0 Å². The van der Waals surface area contributed by atoms with Gasteiger partial charge in [-0.05, 0) is 55.3 Å². The molecule has 0 radical (unpaired) electrons. The Morgan fingerprint density at radius 3 is 2.42 bits per heavy atom. The minimum Gasteiger partial charge on any atom is -0.280 e. The van der Waals surface area contributed by atoms with E-state index in [1.165, 1.54) is 6.07 Å². The number of sulfonamides is 1. The molecule has 0 saturated heterocycles. The number of anilines is 1. The molecule has 6 nitrogen and oxygen atoms in total. The first kappa shape index (κ1) is 18.3. The summed E-state index contributed by atoms with van der Waals surface area (Å²) in [5, 5.41) is 6.30. The van der Waals surface area contributed by atoms with Crippen LogP contribution in [0.25, 0.3) is 11.3 Å². The number of aromatic amines is 1. The van der Waals surface area contributed by atoms with Crippen molar-refractivity contribution in [2.75, 3.05) is 4.72 Å². The first-order valence-corrected chi connectivity index (χ1v) is 9.99. The number of aryl methyl sites for hydroxylation is 2.